The molecule has 0 spiro atoms. The summed E-state index contributed by atoms with van der Waals surface area (Å²) in [6, 6.07) is 0.761. The maximum absolute atomic E-state index is 3.69. The van der Waals surface area contributed by atoms with Crippen LogP contribution in [0.25, 0.3) is 0 Å². The van der Waals surface area contributed by atoms with Crippen LogP contribution in [-0.2, 0) is 0 Å². The molecule has 0 radical (unpaired) electrons. The molecule has 0 aromatic carbocycles. The van der Waals surface area contributed by atoms with Gasteiger partial charge in [-0.1, -0.05) is 13.3 Å². The summed E-state index contributed by atoms with van der Waals surface area (Å²) in [4.78, 5) is 2.71. The van der Waals surface area contributed by atoms with Gasteiger partial charge in [-0.05, 0) is 50.9 Å². The van der Waals surface area contributed by atoms with Gasteiger partial charge in [-0.25, -0.2) is 0 Å². The van der Waals surface area contributed by atoms with Gasteiger partial charge in [-0.3, -0.25) is 0 Å². The Morgan fingerprint density at radius 2 is 2.18 bits per heavy atom. The maximum Gasteiger partial charge on any atom is 0.0195 e. The van der Waals surface area contributed by atoms with Gasteiger partial charge in [0.15, 0.2) is 0 Å². The SMILES string of the molecule is CCCNC1CCCN(CC2CCCCS2)C1. The normalized spacial score (nSPS) is 31.6. The summed E-state index contributed by atoms with van der Waals surface area (Å²) in [5.74, 6) is 1.40. The summed E-state index contributed by atoms with van der Waals surface area (Å²) >= 11 is 2.21. The van der Waals surface area contributed by atoms with Crippen LogP contribution >= 0.6 is 11.8 Å². The Kier molecular flexibility index (Phi) is 6.16. The van der Waals surface area contributed by atoms with E-state index in [1.54, 1.807) is 0 Å². The molecule has 2 saturated heterocycles. The maximum atomic E-state index is 3.69. The Labute approximate surface area is 111 Å². The average molecular weight is 256 g/mol. The van der Waals surface area contributed by atoms with Gasteiger partial charge in [-0.15, -0.1) is 0 Å². The fourth-order valence-corrected chi connectivity index (χ4v) is 4.33. The van der Waals surface area contributed by atoms with Crippen LogP contribution in [0.2, 0.25) is 0 Å². The van der Waals surface area contributed by atoms with E-state index in [0.717, 1.165) is 11.3 Å². The lowest BCUT2D eigenvalue weighted by Crippen LogP contribution is -2.47. The van der Waals surface area contributed by atoms with Crippen LogP contribution in [0.5, 0.6) is 0 Å². The smallest absolute Gasteiger partial charge is 0.0195 e. The highest BCUT2D eigenvalue weighted by atomic mass is 32.2. The molecule has 17 heavy (non-hydrogen) atoms. The Morgan fingerprint density at radius 1 is 1.24 bits per heavy atom. The monoisotopic (exact) mass is 256 g/mol. The lowest BCUT2D eigenvalue weighted by molar-refractivity contribution is 0.189. The molecule has 3 heteroatoms. The van der Waals surface area contributed by atoms with Crippen LogP contribution in [0.15, 0.2) is 0 Å². The van der Waals surface area contributed by atoms with E-state index < -0.39 is 0 Å². The van der Waals surface area contributed by atoms with Gasteiger partial charge in [-0.2, -0.15) is 11.8 Å². The molecule has 0 aromatic heterocycles. The summed E-state index contributed by atoms with van der Waals surface area (Å²) < 4.78 is 0. The summed E-state index contributed by atoms with van der Waals surface area (Å²) in [5.41, 5.74) is 0. The molecule has 1 N–H and O–H groups in total. The Balaban J connectivity index is 1.68. The van der Waals surface area contributed by atoms with Crippen LogP contribution in [0.3, 0.4) is 0 Å². The van der Waals surface area contributed by atoms with Crippen molar-refractivity contribution in [2.24, 2.45) is 0 Å². The molecule has 0 aliphatic carbocycles. The summed E-state index contributed by atoms with van der Waals surface area (Å²) in [7, 11) is 0. The first-order valence-electron chi connectivity index (χ1n) is 7.46. The van der Waals surface area contributed by atoms with E-state index in [2.05, 4.69) is 28.9 Å². The lowest BCUT2D eigenvalue weighted by Gasteiger charge is -2.36. The van der Waals surface area contributed by atoms with E-state index in [1.165, 1.54) is 70.5 Å². The third-order valence-corrected chi connectivity index (χ3v) is 5.30. The molecule has 2 nitrogen and oxygen atoms in total. The zero-order chi connectivity index (χ0) is 11.9. The van der Waals surface area contributed by atoms with Crippen LogP contribution in [0.1, 0.15) is 45.4 Å². The molecule has 2 rings (SSSR count). The zero-order valence-corrected chi connectivity index (χ0v) is 12.1. The molecule has 0 bridgehead atoms. The number of hydrogen-bond acceptors (Lipinski definition) is 3. The van der Waals surface area contributed by atoms with Crippen molar-refractivity contribution >= 4 is 11.8 Å². The number of rotatable bonds is 5. The van der Waals surface area contributed by atoms with E-state index in [-0.39, 0.29) is 0 Å². The molecule has 2 aliphatic rings. The highest BCUT2D eigenvalue weighted by Gasteiger charge is 2.23. The van der Waals surface area contributed by atoms with Gasteiger partial charge < -0.3 is 10.2 Å². The summed E-state index contributed by atoms with van der Waals surface area (Å²) in [5, 5.41) is 4.61. The van der Waals surface area contributed by atoms with Gasteiger partial charge in [0.1, 0.15) is 0 Å². The largest absolute Gasteiger partial charge is 0.313 e. The minimum Gasteiger partial charge on any atom is -0.313 e. The van der Waals surface area contributed by atoms with Crippen molar-refractivity contribution in [1.82, 2.24) is 10.2 Å². The predicted molar refractivity (Wildman–Crippen MR) is 77.9 cm³/mol. The van der Waals surface area contributed by atoms with Crippen molar-refractivity contribution in [2.75, 3.05) is 31.9 Å². The number of thioether (sulfide) groups is 1. The first-order chi connectivity index (χ1) is 8.38. The van der Waals surface area contributed by atoms with Gasteiger partial charge in [0.05, 0.1) is 0 Å². The molecule has 2 atom stereocenters. The fourth-order valence-electron chi connectivity index (χ4n) is 2.98. The lowest BCUT2D eigenvalue weighted by atomic mass is 10.0. The van der Waals surface area contributed by atoms with Gasteiger partial charge >= 0.3 is 0 Å². The second kappa shape index (κ2) is 7.65. The Hall–Kier alpha value is 0.270. The van der Waals surface area contributed by atoms with Crippen LogP contribution in [0.4, 0.5) is 0 Å². The number of nitrogens with zero attached hydrogens (tertiary/aromatic N) is 1. The van der Waals surface area contributed by atoms with Crippen molar-refractivity contribution in [1.29, 1.82) is 0 Å². The zero-order valence-electron chi connectivity index (χ0n) is 11.3. The quantitative estimate of drug-likeness (QED) is 0.814. The van der Waals surface area contributed by atoms with Gasteiger partial charge in [0.25, 0.3) is 0 Å². The average Bonchev–Trinajstić information content (AvgIpc) is 2.38. The van der Waals surface area contributed by atoms with E-state index in [0.29, 0.717) is 0 Å². The van der Waals surface area contributed by atoms with Crippen molar-refractivity contribution in [3.05, 3.63) is 0 Å². The first kappa shape index (κ1) is 13.7. The third-order valence-electron chi connectivity index (χ3n) is 3.92. The minimum atomic E-state index is 0.761. The molecule has 2 heterocycles. The van der Waals surface area contributed by atoms with Gasteiger partial charge in [0.2, 0.25) is 0 Å². The number of hydrogen-bond donors (Lipinski definition) is 1. The van der Waals surface area contributed by atoms with Crippen LogP contribution < -0.4 is 5.32 Å². The highest BCUT2D eigenvalue weighted by molar-refractivity contribution is 7.99. The minimum absolute atomic E-state index is 0.761. The second-order valence-corrected chi connectivity index (χ2v) is 6.95. The first-order valence-corrected chi connectivity index (χ1v) is 8.50. The van der Waals surface area contributed by atoms with Crippen molar-refractivity contribution < 1.29 is 0 Å². The van der Waals surface area contributed by atoms with Gasteiger partial charge in [0, 0.05) is 24.4 Å². The van der Waals surface area contributed by atoms with Crippen molar-refractivity contribution in [3.8, 4) is 0 Å². The molecule has 2 unspecified atom stereocenters. The van der Waals surface area contributed by atoms with Crippen LogP contribution in [-0.4, -0.2) is 48.1 Å². The van der Waals surface area contributed by atoms with Crippen LogP contribution in [0, 0.1) is 0 Å². The molecular formula is C14H28N2S. The summed E-state index contributed by atoms with van der Waals surface area (Å²) in [6.07, 6.45) is 8.39. The van der Waals surface area contributed by atoms with Crippen molar-refractivity contribution in [3.63, 3.8) is 0 Å². The molecular weight excluding hydrogens is 228 g/mol. The molecule has 0 amide bonds. The number of piperidine rings is 1. The van der Waals surface area contributed by atoms with E-state index in [9.17, 15) is 0 Å². The highest BCUT2D eigenvalue weighted by Crippen LogP contribution is 2.26. The third kappa shape index (κ3) is 4.80. The number of likely N-dealkylation sites (tertiary alicyclic amines) is 1. The summed E-state index contributed by atoms with van der Waals surface area (Å²) in [6.45, 7) is 7.41. The van der Waals surface area contributed by atoms with E-state index in [1.807, 2.05) is 0 Å². The molecule has 0 aromatic rings. The fraction of sp³-hybridized carbons (Fsp3) is 1.00. The Morgan fingerprint density at radius 3 is 2.94 bits per heavy atom. The molecule has 2 fully saturated rings. The van der Waals surface area contributed by atoms with Crippen molar-refractivity contribution in [2.45, 2.75) is 56.7 Å². The second-order valence-electron chi connectivity index (χ2n) is 5.54. The predicted octanol–water partition coefficient (Wildman–Crippen LogP) is 2.74. The number of nitrogens with one attached hydrogen (secondary N) is 1. The molecule has 2 aliphatic heterocycles. The molecule has 100 valence electrons. The standard InChI is InChI=1S/C14H28N2S/c1-2-8-15-13-6-5-9-16(11-13)12-14-7-3-4-10-17-14/h13-15H,2-12H2,1H3. The topological polar surface area (TPSA) is 15.3 Å². The molecule has 0 saturated carbocycles. The van der Waals surface area contributed by atoms with E-state index in [4.69, 9.17) is 0 Å². The Bertz CT molecular complexity index is 204. The van der Waals surface area contributed by atoms with E-state index >= 15 is 0 Å².